The number of rotatable bonds is 7. The van der Waals surface area contributed by atoms with E-state index in [1.165, 1.54) is 39.2 Å². The van der Waals surface area contributed by atoms with Crippen molar-refractivity contribution in [3.05, 3.63) is 53.6 Å². The summed E-state index contributed by atoms with van der Waals surface area (Å²) in [7, 11) is -3.94. The Hall–Kier alpha value is -2.23. The fourth-order valence-corrected chi connectivity index (χ4v) is 5.78. The normalized spacial score (nSPS) is 14.1. The van der Waals surface area contributed by atoms with Crippen molar-refractivity contribution in [1.29, 1.82) is 0 Å². The molecule has 1 saturated heterocycles. The second-order valence-electron chi connectivity index (χ2n) is 6.27. The molecule has 29 heavy (non-hydrogen) atoms. The van der Waals surface area contributed by atoms with Gasteiger partial charge in [0.15, 0.2) is 0 Å². The lowest BCUT2D eigenvalue weighted by atomic mass is 10.3. The van der Waals surface area contributed by atoms with Crippen LogP contribution in [0.25, 0.3) is 0 Å². The highest BCUT2D eigenvalue weighted by Gasteiger charge is 2.27. The number of para-hydroxylation sites is 1. The summed E-state index contributed by atoms with van der Waals surface area (Å²) in [5.41, 5.74) is 0.812. The third kappa shape index (κ3) is 4.85. The molecule has 0 spiro atoms. The fourth-order valence-electron chi connectivity index (χ4n) is 2.90. The highest BCUT2D eigenvalue weighted by atomic mass is 35.5. The molecule has 3 rings (SSSR count). The molecule has 2 aromatic rings. The van der Waals surface area contributed by atoms with Gasteiger partial charge in [0.2, 0.25) is 11.8 Å². The highest BCUT2D eigenvalue weighted by molar-refractivity contribution is 8.00. The average molecular weight is 454 g/mol. The predicted molar refractivity (Wildman–Crippen MR) is 116 cm³/mol. The van der Waals surface area contributed by atoms with Crippen molar-refractivity contribution in [3.8, 4) is 0 Å². The Balaban J connectivity index is 1.84. The molecular weight excluding hydrogens is 434 g/mol. The van der Waals surface area contributed by atoms with Crippen LogP contribution in [0, 0.1) is 0 Å². The Bertz CT molecular complexity index is 1020. The standard InChI is InChI=1S/C19H20ClN3O4S2/c1-2-23(15-6-4-3-5-7-15)29(26,27)17-10-14(8-9-16(17)20)21-18(24)11-22-13-28-12-19(22)25/h3-10H,2,11-13H2,1H3,(H,21,24). The molecule has 7 nitrogen and oxygen atoms in total. The zero-order valence-electron chi connectivity index (χ0n) is 15.7. The minimum absolute atomic E-state index is 0.0588. The van der Waals surface area contributed by atoms with Gasteiger partial charge in [-0.3, -0.25) is 13.9 Å². The Kier molecular flexibility index (Phi) is 6.71. The molecule has 0 unspecified atom stereocenters. The van der Waals surface area contributed by atoms with Crippen molar-refractivity contribution in [2.75, 3.05) is 34.3 Å². The maximum atomic E-state index is 13.2. The Labute approximate surface area is 179 Å². The van der Waals surface area contributed by atoms with Crippen LogP contribution in [-0.4, -0.2) is 49.9 Å². The van der Waals surface area contributed by atoms with E-state index in [1.54, 1.807) is 37.3 Å². The van der Waals surface area contributed by atoms with Gasteiger partial charge in [-0.1, -0.05) is 29.8 Å². The largest absolute Gasteiger partial charge is 0.325 e. The van der Waals surface area contributed by atoms with Gasteiger partial charge < -0.3 is 10.2 Å². The van der Waals surface area contributed by atoms with Crippen LogP contribution in [0.3, 0.4) is 0 Å². The minimum Gasteiger partial charge on any atom is -0.325 e. The minimum atomic E-state index is -3.94. The lowest BCUT2D eigenvalue weighted by Crippen LogP contribution is -2.34. The molecule has 1 aliphatic heterocycles. The quantitative estimate of drug-likeness (QED) is 0.696. The Morgan fingerprint density at radius 1 is 1.24 bits per heavy atom. The SMILES string of the molecule is CCN(c1ccccc1)S(=O)(=O)c1cc(NC(=O)CN2CSCC2=O)ccc1Cl. The predicted octanol–water partition coefficient (Wildman–Crippen LogP) is 3.03. The molecule has 2 amide bonds. The number of benzene rings is 2. The molecule has 10 heteroatoms. The van der Waals surface area contributed by atoms with Crippen molar-refractivity contribution in [2.24, 2.45) is 0 Å². The van der Waals surface area contributed by atoms with E-state index in [-0.39, 0.29) is 28.9 Å². The summed E-state index contributed by atoms with van der Waals surface area (Å²) < 4.78 is 27.7. The van der Waals surface area contributed by atoms with Gasteiger partial charge in [-0.25, -0.2) is 8.42 Å². The number of amides is 2. The highest BCUT2D eigenvalue weighted by Crippen LogP contribution is 2.30. The van der Waals surface area contributed by atoms with E-state index in [9.17, 15) is 18.0 Å². The Morgan fingerprint density at radius 3 is 2.59 bits per heavy atom. The molecule has 0 bridgehead atoms. The first-order chi connectivity index (χ1) is 13.8. The number of hydrogen-bond acceptors (Lipinski definition) is 5. The smallest absolute Gasteiger partial charge is 0.265 e. The molecule has 0 aliphatic carbocycles. The lowest BCUT2D eigenvalue weighted by Gasteiger charge is -2.23. The van der Waals surface area contributed by atoms with E-state index in [4.69, 9.17) is 11.6 Å². The molecule has 154 valence electrons. The Morgan fingerprint density at radius 2 is 1.97 bits per heavy atom. The van der Waals surface area contributed by atoms with E-state index in [1.807, 2.05) is 0 Å². The number of nitrogens with one attached hydrogen (secondary N) is 1. The molecule has 0 aromatic heterocycles. The van der Waals surface area contributed by atoms with Crippen molar-refractivity contribution in [3.63, 3.8) is 0 Å². The number of carbonyl (C=O) groups excluding carboxylic acids is 2. The topological polar surface area (TPSA) is 86.8 Å². The molecule has 0 radical (unpaired) electrons. The van der Waals surface area contributed by atoms with Crippen LogP contribution in [-0.2, 0) is 19.6 Å². The third-order valence-electron chi connectivity index (χ3n) is 4.27. The van der Waals surface area contributed by atoms with Crippen LogP contribution in [0.15, 0.2) is 53.4 Å². The van der Waals surface area contributed by atoms with Crippen LogP contribution < -0.4 is 9.62 Å². The average Bonchev–Trinajstić information content (AvgIpc) is 3.09. The first-order valence-electron chi connectivity index (χ1n) is 8.85. The number of hydrogen-bond donors (Lipinski definition) is 1. The van der Waals surface area contributed by atoms with Gasteiger partial charge in [-0.15, -0.1) is 11.8 Å². The van der Waals surface area contributed by atoms with Crippen molar-refractivity contribution in [2.45, 2.75) is 11.8 Å². The fraction of sp³-hybridized carbons (Fsp3) is 0.263. The molecule has 1 N–H and O–H groups in total. The second kappa shape index (κ2) is 9.06. The first kappa shape index (κ1) is 21.5. The molecule has 2 aromatic carbocycles. The van der Waals surface area contributed by atoms with Crippen molar-refractivity contribution < 1.29 is 18.0 Å². The van der Waals surface area contributed by atoms with E-state index in [2.05, 4.69) is 5.32 Å². The maximum Gasteiger partial charge on any atom is 0.265 e. The number of halogens is 1. The molecule has 1 aliphatic rings. The van der Waals surface area contributed by atoms with Crippen LogP contribution in [0.1, 0.15) is 6.92 Å². The van der Waals surface area contributed by atoms with Crippen LogP contribution >= 0.6 is 23.4 Å². The number of carbonyl (C=O) groups is 2. The van der Waals surface area contributed by atoms with E-state index < -0.39 is 15.9 Å². The summed E-state index contributed by atoms with van der Waals surface area (Å²) in [4.78, 5) is 25.3. The number of nitrogens with zero attached hydrogens (tertiary/aromatic N) is 2. The summed E-state index contributed by atoms with van der Waals surface area (Å²) in [6.07, 6.45) is 0. The van der Waals surface area contributed by atoms with Gasteiger partial charge in [0, 0.05) is 12.2 Å². The summed E-state index contributed by atoms with van der Waals surface area (Å²) >= 11 is 7.63. The van der Waals surface area contributed by atoms with Crippen molar-refractivity contribution >= 4 is 56.6 Å². The monoisotopic (exact) mass is 453 g/mol. The molecule has 1 fully saturated rings. The first-order valence-corrected chi connectivity index (χ1v) is 11.8. The summed E-state index contributed by atoms with van der Waals surface area (Å²) in [5.74, 6) is 0.339. The summed E-state index contributed by atoms with van der Waals surface area (Å²) in [6.45, 7) is 1.87. The number of sulfonamides is 1. The number of anilines is 2. The van der Waals surface area contributed by atoms with Gasteiger partial charge in [-0.2, -0.15) is 0 Å². The van der Waals surface area contributed by atoms with E-state index in [0.717, 1.165) is 0 Å². The van der Waals surface area contributed by atoms with E-state index in [0.29, 0.717) is 23.0 Å². The van der Waals surface area contributed by atoms with E-state index >= 15 is 0 Å². The molecular formula is C19H20ClN3O4S2. The maximum absolute atomic E-state index is 13.2. The van der Waals surface area contributed by atoms with Gasteiger partial charge >= 0.3 is 0 Å². The summed E-state index contributed by atoms with van der Waals surface area (Å²) in [6, 6.07) is 13.0. The zero-order valence-corrected chi connectivity index (χ0v) is 18.1. The third-order valence-corrected chi connectivity index (χ3v) is 7.60. The van der Waals surface area contributed by atoms with Gasteiger partial charge in [0.05, 0.1) is 22.3 Å². The lowest BCUT2D eigenvalue weighted by molar-refractivity contribution is -0.130. The van der Waals surface area contributed by atoms with Gasteiger partial charge in [0.1, 0.15) is 11.4 Å². The molecule has 0 saturated carbocycles. The van der Waals surface area contributed by atoms with Crippen LogP contribution in [0.2, 0.25) is 5.02 Å². The van der Waals surface area contributed by atoms with Crippen LogP contribution in [0.4, 0.5) is 11.4 Å². The van der Waals surface area contributed by atoms with Crippen LogP contribution in [0.5, 0.6) is 0 Å². The molecule has 0 atom stereocenters. The van der Waals surface area contributed by atoms with Crippen molar-refractivity contribution in [1.82, 2.24) is 4.90 Å². The number of thioether (sulfide) groups is 1. The molecule has 1 heterocycles. The van der Waals surface area contributed by atoms with Gasteiger partial charge in [-0.05, 0) is 37.3 Å². The summed E-state index contributed by atoms with van der Waals surface area (Å²) in [5, 5.41) is 2.70. The zero-order chi connectivity index (χ0) is 21.0. The second-order valence-corrected chi connectivity index (χ2v) is 9.46. The van der Waals surface area contributed by atoms with Gasteiger partial charge in [0.25, 0.3) is 10.0 Å².